The van der Waals surface area contributed by atoms with E-state index in [1.165, 1.54) is 5.57 Å². The molecule has 0 saturated carbocycles. The first-order valence-electron chi connectivity index (χ1n) is 4.20. The van der Waals surface area contributed by atoms with E-state index in [4.69, 9.17) is 0 Å². The van der Waals surface area contributed by atoms with Crippen molar-refractivity contribution in [3.05, 3.63) is 36.5 Å². The van der Waals surface area contributed by atoms with Crippen LogP contribution in [0.1, 0.15) is 34.1 Å². The molecule has 0 amide bonds. The van der Waals surface area contributed by atoms with E-state index in [9.17, 15) is 0 Å². The monoisotopic (exact) mass is 152 g/mol. The lowest BCUT2D eigenvalue weighted by atomic mass is 10.2. The zero-order valence-electron chi connectivity index (χ0n) is 8.22. The van der Waals surface area contributed by atoms with Crippen molar-refractivity contribution in [2.24, 2.45) is 0 Å². The van der Waals surface area contributed by atoms with Gasteiger partial charge in [-0.2, -0.15) is 0 Å². The van der Waals surface area contributed by atoms with E-state index in [1.807, 2.05) is 32.9 Å². The summed E-state index contributed by atoms with van der Waals surface area (Å²) in [6, 6.07) is 0. The van der Waals surface area contributed by atoms with Crippen molar-refractivity contribution in [1.29, 1.82) is 0 Å². The first kappa shape index (κ1) is 12.9. The molecule has 0 aromatic heterocycles. The lowest BCUT2D eigenvalue weighted by Gasteiger charge is -1.89. The molecule has 0 fully saturated rings. The van der Waals surface area contributed by atoms with Gasteiger partial charge in [-0.15, -0.1) is 0 Å². The van der Waals surface area contributed by atoms with Crippen LogP contribution >= 0.6 is 0 Å². The van der Waals surface area contributed by atoms with Gasteiger partial charge in [0.1, 0.15) is 0 Å². The molecule has 0 aliphatic rings. The Morgan fingerprint density at radius 3 is 2.27 bits per heavy atom. The Kier molecular flexibility index (Phi) is 14.0. The van der Waals surface area contributed by atoms with Crippen molar-refractivity contribution < 1.29 is 0 Å². The van der Waals surface area contributed by atoms with Gasteiger partial charge in [0.25, 0.3) is 0 Å². The van der Waals surface area contributed by atoms with Crippen LogP contribution in [0, 0.1) is 0 Å². The second kappa shape index (κ2) is 12.0. The summed E-state index contributed by atoms with van der Waals surface area (Å²) in [7, 11) is 0. The molecule has 11 heavy (non-hydrogen) atoms. The highest BCUT2D eigenvalue weighted by atomic mass is 13.9. The fourth-order valence-electron chi connectivity index (χ4n) is 0.573. The Labute approximate surface area is 71.3 Å². The molecule has 0 aromatic carbocycles. The van der Waals surface area contributed by atoms with Gasteiger partial charge in [0.15, 0.2) is 0 Å². The quantitative estimate of drug-likeness (QED) is 0.421. The smallest absolute Gasteiger partial charge is 0.0139 e. The molecule has 0 N–H and O–H groups in total. The summed E-state index contributed by atoms with van der Waals surface area (Å²) in [5, 5.41) is 0. The van der Waals surface area contributed by atoms with Crippen LogP contribution in [0.15, 0.2) is 36.5 Å². The number of hydrogen-bond donors (Lipinski definition) is 0. The Morgan fingerprint density at radius 2 is 1.91 bits per heavy atom. The van der Waals surface area contributed by atoms with Crippen molar-refractivity contribution >= 4 is 0 Å². The van der Waals surface area contributed by atoms with Gasteiger partial charge >= 0.3 is 0 Å². The van der Waals surface area contributed by atoms with Crippen molar-refractivity contribution in [2.75, 3.05) is 0 Å². The molecule has 0 heteroatoms. The zero-order chi connectivity index (χ0) is 9.11. The van der Waals surface area contributed by atoms with E-state index >= 15 is 0 Å². The van der Waals surface area contributed by atoms with E-state index in [2.05, 4.69) is 25.7 Å². The van der Waals surface area contributed by atoms with Crippen LogP contribution in [0.5, 0.6) is 0 Å². The molecule has 0 atom stereocenters. The lowest BCUT2D eigenvalue weighted by Crippen LogP contribution is -1.68. The highest BCUT2D eigenvalue weighted by Crippen LogP contribution is 1.99. The van der Waals surface area contributed by atoms with Crippen LogP contribution in [-0.4, -0.2) is 0 Å². The second-order valence-corrected chi connectivity index (χ2v) is 2.02. The molecule has 0 unspecified atom stereocenters. The third-order valence-corrected chi connectivity index (χ3v) is 1.08. The van der Waals surface area contributed by atoms with Gasteiger partial charge in [0.05, 0.1) is 0 Å². The topological polar surface area (TPSA) is 0 Å². The van der Waals surface area contributed by atoms with E-state index in [0.717, 1.165) is 6.42 Å². The van der Waals surface area contributed by atoms with E-state index < -0.39 is 0 Å². The summed E-state index contributed by atoms with van der Waals surface area (Å²) in [6.45, 7) is 11.7. The van der Waals surface area contributed by atoms with Crippen molar-refractivity contribution in [3.63, 3.8) is 0 Å². The highest BCUT2D eigenvalue weighted by molar-refractivity contribution is 5.10. The Hall–Kier alpha value is -0.780. The van der Waals surface area contributed by atoms with Crippen molar-refractivity contribution in [3.8, 4) is 0 Å². The predicted molar refractivity (Wildman–Crippen MR) is 54.7 cm³/mol. The average Bonchev–Trinajstić information content (AvgIpc) is 2.05. The fourth-order valence-corrected chi connectivity index (χ4v) is 0.573. The van der Waals surface area contributed by atoms with Crippen LogP contribution in [0.3, 0.4) is 0 Å². The Morgan fingerprint density at radius 1 is 1.36 bits per heavy atom. The van der Waals surface area contributed by atoms with E-state index in [1.54, 1.807) is 0 Å². The standard InChI is InChI=1S/C9H14.C2H6/c1-4-6-8-9(3)7-5-2;1-2/h4-7H,2,8H2,1,3H3;1-2H3/b6-4-,9-7-;. The van der Waals surface area contributed by atoms with Gasteiger partial charge in [-0.1, -0.05) is 50.3 Å². The fraction of sp³-hybridized carbons (Fsp3) is 0.455. The molecule has 0 nitrogen and oxygen atoms in total. The summed E-state index contributed by atoms with van der Waals surface area (Å²) < 4.78 is 0. The molecule has 0 bridgehead atoms. The first-order chi connectivity index (χ1) is 5.31. The minimum Gasteiger partial charge on any atom is -0.0991 e. The van der Waals surface area contributed by atoms with Gasteiger partial charge in [-0.3, -0.25) is 0 Å². The van der Waals surface area contributed by atoms with Crippen molar-refractivity contribution in [1.82, 2.24) is 0 Å². The largest absolute Gasteiger partial charge is 0.0991 e. The summed E-state index contributed by atoms with van der Waals surface area (Å²) in [5.41, 5.74) is 1.35. The minimum atomic E-state index is 1.04. The predicted octanol–water partition coefficient (Wildman–Crippen LogP) is 4.11. The lowest BCUT2D eigenvalue weighted by molar-refractivity contribution is 1.21. The maximum absolute atomic E-state index is 3.61. The van der Waals surface area contributed by atoms with Crippen LogP contribution < -0.4 is 0 Å². The highest BCUT2D eigenvalue weighted by Gasteiger charge is 1.78. The minimum absolute atomic E-state index is 1.04. The maximum atomic E-state index is 3.61. The molecule has 64 valence electrons. The van der Waals surface area contributed by atoms with Gasteiger partial charge in [0.2, 0.25) is 0 Å². The summed E-state index contributed by atoms with van der Waals surface area (Å²) in [5.74, 6) is 0. The van der Waals surface area contributed by atoms with E-state index in [0.29, 0.717) is 0 Å². The Bertz CT molecular complexity index is 127. The number of hydrogen-bond acceptors (Lipinski definition) is 0. The zero-order valence-corrected chi connectivity index (χ0v) is 8.22. The van der Waals surface area contributed by atoms with Gasteiger partial charge in [0, 0.05) is 0 Å². The second-order valence-electron chi connectivity index (χ2n) is 2.02. The van der Waals surface area contributed by atoms with Gasteiger partial charge in [-0.25, -0.2) is 0 Å². The molecular formula is C11H20. The number of allylic oxidation sites excluding steroid dienone is 5. The molecule has 0 spiro atoms. The summed E-state index contributed by atoms with van der Waals surface area (Å²) in [6.07, 6.45) is 9.08. The normalized spacial score (nSPS) is 10.7. The van der Waals surface area contributed by atoms with Crippen LogP contribution in [0.25, 0.3) is 0 Å². The van der Waals surface area contributed by atoms with Crippen LogP contribution in [0.4, 0.5) is 0 Å². The van der Waals surface area contributed by atoms with Gasteiger partial charge < -0.3 is 0 Å². The Balaban J connectivity index is 0. The van der Waals surface area contributed by atoms with E-state index in [-0.39, 0.29) is 0 Å². The number of rotatable bonds is 3. The third-order valence-electron chi connectivity index (χ3n) is 1.08. The molecule has 0 heterocycles. The van der Waals surface area contributed by atoms with Crippen LogP contribution in [0.2, 0.25) is 0 Å². The van der Waals surface area contributed by atoms with Gasteiger partial charge in [-0.05, 0) is 20.3 Å². The first-order valence-corrected chi connectivity index (χ1v) is 4.20. The molecular weight excluding hydrogens is 132 g/mol. The summed E-state index contributed by atoms with van der Waals surface area (Å²) in [4.78, 5) is 0. The summed E-state index contributed by atoms with van der Waals surface area (Å²) >= 11 is 0. The van der Waals surface area contributed by atoms with Crippen molar-refractivity contribution in [2.45, 2.75) is 34.1 Å². The maximum Gasteiger partial charge on any atom is -0.0139 e. The van der Waals surface area contributed by atoms with Crippen LogP contribution in [-0.2, 0) is 0 Å². The molecule has 0 aromatic rings. The third kappa shape index (κ3) is 12.4. The molecule has 0 aliphatic heterocycles. The molecule has 0 radical (unpaired) electrons. The SMILES string of the molecule is C=C/C=C(/C)C/C=C\C.CC. The molecule has 0 rings (SSSR count). The molecule has 0 saturated heterocycles. The average molecular weight is 152 g/mol. The molecule has 0 aliphatic carbocycles.